The topological polar surface area (TPSA) is 135 Å². The number of aliphatic hydroxyl groups excluding tert-OH is 3. The number of aromatic carboxylic acids is 2. The molecule has 7 nitrogen and oxygen atoms in total. The molecule has 5 N–H and O–H groups in total. The molecular weight excluding hydrogens is 328 g/mol. The van der Waals surface area contributed by atoms with E-state index < -0.39 is 24.6 Å². The molecule has 0 aliphatic carbocycles. The van der Waals surface area contributed by atoms with Crippen molar-refractivity contribution in [3.05, 3.63) is 58.9 Å². The van der Waals surface area contributed by atoms with E-state index in [4.69, 9.17) is 25.5 Å². The molecule has 0 heterocycles. The molecule has 7 heteroatoms. The van der Waals surface area contributed by atoms with Crippen LogP contribution in [0.1, 0.15) is 34.6 Å². The van der Waals surface area contributed by atoms with Crippen LogP contribution in [-0.2, 0) is 0 Å². The quantitative estimate of drug-likeness (QED) is 0.535. The maximum Gasteiger partial charge on any atom is 0.336 e. The lowest BCUT2D eigenvalue weighted by Gasteiger charge is -2.06. The number of aliphatic hydroxyl groups is 3. The molecule has 0 bridgehead atoms. The highest BCUT2D eigenvalue weighted by Gasteiger charge is 2.16. The second-order valence-corrected chi connectivity index (χ2v) is 5.44. The molecule has 2 aromatic carbocycles. The number of allylic oxidation sites excluding steroid dienone is 1. The number of carbonyl (C=O) groups is 2. The third-order valence-corrected chi connectivity index (χ3v) is 3.35. The Hall–Kier alpha value is -2.90. The van der Waals surface area contributed by atoms with Gasteiger partial charge in [-0.25, -0.2) is 9.59 Å². The summed E-state index contributed by atoms with van der Waals surface area (Å²) in [6.45, 7) is 2.89. The Balaban J connectivity index is 0.000000299. The van der Waals surface area contributed by atoms with E-state index in [0.717, 1.165) is 0 Å². The summed E-state index contributed by atoms with van der Waals surface area (Å²) in [6.07, 6.45) is -1.12. The molecule has 134 valence electrons. The van der Waals surface area contributed by atoms with Crippen molar-refractivity contribution in [2.24, 2.45) is 0 Å². The average molecular weight is 348 g/mol. The van der Waals surface area contributed by atoms with Gasteiger partial charge in [0, 0.05) is 0 Å². The first-order valence-corrected chi connectivity index (χ1v) is 7.33. The molecule has 25 heavy (non-hydrogen) atoms. The van der Waals surface area contributed by atoms with Gasteiger partial charge in [0.15, 0.2) is 0 Å². The standard InChI is InChI=1S/C12H8O4.C6H12O3/c13-11(14)9-5-7-3-1-2-4-8(7)6-10(9)12(15)16;1-4(2)6(9)5(8)3-7/h1-6H,(H,13,14)(H,15,16);5,7-9H,3H2,1-2H3. The van der Waals surface area contributed by atoms with Gasteiger partial charge in [-0.15, -0.1) is 0 Å². The van der Waals surface area contributed by atoms with E-state index >= 15 is 0 Å². The Morgan fingerprint density at radius 2 is 1.32 bits per heavy atom. The van der Waals surface area contributed by atoms with Crippen molar-refractivity contribution in [3.63, 3.8) is 0 Å². The van der Waals surface area contributed by atoms with Gasteiger partial charge in [0.2, 0.25) is 0 Å². The Labute approximate surface area is 144 Å². The number of benzene rings is 2. The lowest BCUT2D eigenvalue weighted by molar-refractivity contribution is 0.0652. The zero-order chi connectivity index (χ0) is 19.1. The Kier molecular flexibility index (Phi) is 7.10. The highest BCUT2D eigenvalue weighted by Crippen LogP contribution is 2.20. The van der Waals surface area contributed by atoms with E-state index in [1.165, 1.54) is 12.1 Å². The minimum absolute atomic E-state index is 0.141. The SMILES string of the molecule is CC(C)=C(O)C(O)CO.O=C(O)c1cc2ccccc2cc1C(=O)O. The van der Waals surface area contributed by atoms with Crippen molar-refractivity contribution in [2.45, 2.75) is 20.0 Å². The highest BCUT2D eigenvalue weighted by atomic mass is 16.4. The van der Waals surface area contributed by atoms with Gasteiger partial charge < -0.3 is 25.5 Å². The van der Waals surface area contributed by atoms with Crippen molar-refractivity contribution in [1.29, 1.82) is 0 Å². The monoisotopic (exact) mass is 348 g/mol. The number of carboxylic acids is 2. The predicted molar refractivity (Wildman–Crippen MR) is 92.0 cm³/mol. The molecule has 2 rings (SSSR count). The number of hydrogen-bond donors (Lipinski definition) is 5. The van der Waals surface area contributed by atoms with Crippen molar-refractivity contribution >= 4 is 22.7 Å². The zero-order valence-corrected chi connectivity index (χ0v) is 13.8. The van der Waals surface area contributed by atoms with Crippen molar-refractivity contribution in [1.82, 2.24) is 0 Å². The van der Waals surface area contributed by atoms with E-state index in [2.05, 4.69) is 0 Å². The maximum atomic E-state index is 10.9. The number of hydrogen-bond acceptors (Lipinski definition) is 5. The molecular formula is C18H20O7. The Morgan fingerprint density at radius 1 is 0.920 bits per heavy atom. The minimum Gasteiger partial charge on any atom is -0.510 e. The molecule has 1 unspecified atom stereocenters. The van der Waals surface area contributed by atoms with E-state index in [1.807, 2.05) is 0 Å². The molecule has 2 aromatic rings. The highest BCUT2D eigenvalue weighted by molar-refractivity contribution is 6.06. The molecule has 1 atom stereocenters. The van der Waals surface area contributed by atoms with Crippen LogP contribution >= 0.6 is 0 Å². The van der Waals surface area contributed by atoms with Gasteiger partial charge in [0.1, 0.15) is 11.9 Å². The zero-order valence-electron chi connectivity index (χ0n) is 13.8. The molecule has 0 amide bonds. The third-order valence-electron chi connectivity index (χ3n) is 3.35. The normalized spacial score (nSPS) is 11.2. The first-order valence-electron chi connectivity index (χ1n) is 7.33. The molecule has 0 aliphatic rings. The summed E-state index contributed by atoms with van der Waals surface area (Å²) >= 11 is 0. The summed E-state index contributed by atoms with van der Waals surface area (Å²) in [7, 11) is 0. The molecule has 0 fully saturated rings. The van der Waals surface area contributed by atoms with Gasteiger partial charge in [-0.2, -0.15) is 0 Å². The first-order chi connectivity index (χ1) is 11.7. The van der Waals surface area contributed by atoms with Crippen LogP contribution in [0.4, 0.5) is 0 Å². The van der Waals surface area contributed by atoms with Gasteiger partial charge in [-0.3, -0.25) is 0 Å². The summed E-state index contributed by atoms with van der Waals surface area (Å²) in [5, 5.41) is 45.2. The molecule has 0 spiro atoms. The predicted octanol–water partition coefficient (Wildman–Crippen LogP) is 2.43. The van der Waals surface area contributed by atoms with Crippen LogP contribution in [-0.4, -0.2) is 50.2 Å². The Morgan fingerprint density at radius 3 is 1.56 bits per heavy atom. The second-order valence-electron chi connectivity index (χ2n) is 5.44. The second kappa shape index (κ2) is 8.81. The largest absolute Gasteiger partial charge is 0.510 e. The molecule has 0 saturated carbocycles. The fourth-order valence-corrected chi connectivity index (χ4v) is 2.01. The maximum absolute atomic E-state index is 10.9. The number of fused-ring (bicyclic) bond motifs is 1. The van der Waals surface area contributed by atoms with Gasteiger partial charge in [-0.1, -0.05) is 24.3 Å². The Bertz CT molecular complexity index is 752. The van der Waals surface area contributed by atoms with Crippen LogP contribution < -0.4 is 0 Å². The van der Waals surface area contributed by atoms with Crippen LogP contribution in [0.25, 0.3) is 10.8 Å². The fourth-order valence-electron chi connectivity index (χ4n) is 2.01. The molecule has 0 saturated heterocycles. The third kappa shape index (κ3) is 5.30. The van der Waals surface area contributed by atoms with E-state index in [-0.39, 0.29) is 16.9 Å². The lowest BCUT2D eigenvalue weighted by atomic mass is 10.0. The van der Waals surface area contributed by atoms with Crippen LogP contribution in [0.2, 0.25) is 0 Å². The summed E-state index contributed by atoms with van der Waals surface area (Å²) in [4.78, 5) is 21.8. The fraction of sp³-hybridized carbons (Fsp3) is 0.222. The van der Waals surface area contributed by atoms with E-state index in [0.29, 0.717) is 16.3 Å². The molecule has 0 aromatic heterocycles. The minimum atomic E-state index is -1.23. The first kappa shape index (κ1) is 20.1. The summed E-state index contributed by atoms with van der Waals surface area (Å²) in [6, 6.07) is 9.78. The van der Waals surface area contributed by atoms with Crippen molar-refractivity contribution in [2.75, 3.05) is 6.61 Å². The number of rotatable bonds is 4. The van der Waals surface area contributed by atoms with Gasteiger partial charge in [0.05, 0.1) is 17.7 Å². The number of carboxylic acid groups (broad SMARTS) is 2. The summed E-state index contributed by atoms with van der Waals surface area (Å²) in [5.41, 5.74) is 0.244. The van der Waals surface area contributed by atoms with Gasteiger partial charge in [0.25, 0.3) is 0 Å². The smallest absolute Gasteiger partial charge is 0.336 e. The molecule has 0 aliphatic heterocycles. The van der Waals surface area contributed by atoms with Crippen LogP contribution in [0.3, 0.4) is 0 Å². The van der Waals surface area contributed by atoms with E-state index in [1.54, 1.807) is 38.1 Å². The van der Waals surface area contributed by atoms with Gasteiger partial charge in [-0.05, 0) is 42.3 Å². The lowest BCUT2D eigenvalue weighted by Crippen LogP contribution is -2.15. The van der Waals surface area contributed by atoms with Gasteiger partial charge >= 0.3 is 11.9 Å². The van der Waals surface area contributed by atoms with Crippen LogP contribution in [0.5, 0.6) is 0 Å². The summed E-state index contributed by atoms with van der Waals surface area (Å²) < 4.78 is 0. The molecule has 0 radical (unpaired) electrons. The summed E-state index contributed by atoms with van der Waals surface area (Å²) in [5.74, 6) is -2.61. The van der Waals surface area contributed by atoms with Crippen LogP contribution in [0.15, 0.2) is 47.7 Å². The van der Waals surface area contributed by atoms with Crippen LogP contribution in [0, 0.1) is 0 Å². The van der Waals surface area contributed by atoms with Crippen molar-refractivity contribution < 1.29 is 35.1 Å². The average Bonchev–Trinajstić information content (AvgIpc) is 2.59. The van der Waals surface area contributed by atoms with Crippen molar-refractivity contribution in [3.8, 4) is 0 Å². The van der Waals surface area contributed by atoms with E-state index in [9.17, 15) is 9.59 Å².